The molecule has 11 atom stereocenters. The molecule has 4 nitrogen and oxygen atoms in total. The second-order valence-corrected chi connectivity index (χ2v) is 14.3. The molecule has 0 saturated heterocycles. The highest BCUT2D eigenvalue weighted by Crippen LogP contribution is 2.89. The standard InChI is InChI=1S/C29H50O4.C2H6/c1-8-9-23(26(5,6)32)33-24-20(30)16-19-18-10-11-21-25(3,4)22(31)12-13-29(21)17(2)28(18,29)15-14-27(19,24)7;1-2/h17-24,30-32H,8-16H2,1-7H3;1-2H3. The van der Waals surface area contributed by atoms with Crippen LogP contribution in [0, 0.1) is 45.3 Å². The van der Waals surface area contributed by atoms with Gasteiger partial charge in [-0.15, -0.1) is 0 Å². The minimum Gasteiger partial charge on any atom is -0.393 e. The van der Waals surface area contributed by atoms with Crippen LogP contribution < -0.4 is 0 Å². The fourth-order valence-corrected chi connectivity index (χ4v) is 10.9. The smallest absolute Gasteiger partial charge is 0.0895 e. The van der Waals surface area contributed by atoms with Gasteiger partial charge in [0.1, 0.15) is 0 Å². The molecule has 2 spiro atoms. The highest BCUT2D eigenvalue weighted by Gasteiger charge is 2.84. The molecule has 5 aliphatic carbocycles. The van der Waals surface area contributed by atoms with Crippen molar-refractivity contribution >= 4 is 0 Å². The highest BCUT2D eigenvalue weighted by atomic mass is 16.5. The number of ether oxygens (including phenoxy) is 1. The third kappa shape index (κ3) is 3.58. The quantitative estimate of drug-likeness (QED) is 0.418. The molecule has 0 aliphatic heterocycles. The van der Waals surface area contributed by atoms with Crippen LogP contribution in [0.5, 0.6) is 0 Å². The maximum absolute atomic E-state index is 11.3. The Morgan fingerprint density at radius 2 is 1.60 bits per heavy atom. The maximum Gasteiger partial charge on any atom is 0.0895 e. The average molecular weight is 493 g/mol. The number of aliphatic hydroxyl groups is 3. The van der Waals surface area contributed by atoms with Gasteiger partial charge in [0, 0.05) is 0 Å². The monoisotopic (exact) mass is 492 g/mol. The lowest BCUT2D eigenvalue weighted by molar-refractivity contribution is -0.186. The molecular weight excluding hydrogens is 436 g/mol. The number of hydrogen-bond acceptors (Lipinski definition) is 4. The van der Waals surface area contributed by atoms with Gasteiger partial charge in [-0.1, -0.05) is 54.9 Å². The van der Waals surface area contributed by atoms with Crippen molar-refractivity contribution in [3.63, 3.8) is 0 Å². The molecule has 4 heteroatoms. The molecule has 5 fully saturated rings. The second kappa shape index (κ2) is 8.95. The summed E-state index contributed by atoms with van der Waals surface area (Å²) >= 11 is 0. The molecule has 11 unspecified atom stereocenters. The predicted octanol–water partition coefficient (Wildman–Crippen LogP) is 6.35. The zero-order chi connectivity index (χ0) is 26.2. The van der Waals surface area contributed by atoms with E-state index < -0.39 is 11.7 Å². The first kappa shape index (κ1) is 27.9. The molecule has 0 bridgehead atoms. The predicted molar refractivity (Wildman–Crippen MR) is 142 cm³/mol. The molecule has 5 rings (SSSR count). The van der Waals surface area contributed by atoms with Crippen LogP contribution in [0.4, 0.5) is 0 Å². The lowest BCUT2D eigenvalue weighted by atomic mass is 9.47. The summed E-state index contributed by atoms with van der Waals surface area (Å²) in [6, 6.07) is 0. The third-order valence-corrected chi connectivity index (χ3v) is 12.5. The molecule has 5 aliphatic rings. The van der Waals surface area contributed by atoms with Gasteiger partial charge in [0.2, 0.25) is 0 Å². The van der Waals surface area contributed by atoms with E-state index in [1.807, 2.05) is 27.7 Å². The zero-order valence-corrected chi connectivity index (χ0v) is 24.2. The number of fused-ring (bicyclic) bond motifs is 2. The van der Waals surface area contributed by atoms with Crippen molar-refractivity contribution in [1.29, 1.82) is 0 Å². The summed E-state index contributed by atoms with van der Waals surface area (Å²) in [7, 11) is 0. The Labute approximate surface area is 215 Å². The minimum absolute atomic E-state index is 0.00263. The van der Waals surface area contributed by atoms with E-state index in [2.05, 4.69) is 34.6 Å². The Morgan fingerprint density at radius 3 is 2.20 bits per heavy atom. The topological polar surface area (TPSA) is 69.9 Å². The highest BCUT2D eigenvalue weighted by molar-refractivity contribution is 5.32. The van der Waals surface area contributed by atoms with Crippen LogP contribution in [0.15, 0.2) is 0 Å². The van der Waals surface area contributed by atoms with Crippen molar-refractivity contribution in [2.24, 2.45) is 45.3 Å². The Bertz CT molecular complexity index is 772. The van der Waals surface area contributed by atoms with E-state index >= 15 is 0 Å². The Kier molecular flexibility index (Phi) is 7.13. The van der Waals surface area contributed by atoms with E-state index in [4.69, 9.17) is 4.74 Å². The van der Waals surface area contributed by atoms with Gasteiger partial charge in [-0.05, 0) is 111 Å². The van der Waals surface area contributed by atoms with Crippen LogP contribution >= 0.6 is 0 Å². The minimum atomic E-state index is -0.901. The van der Waals surface area contributed by atoms with E-state index in [0.29, 0.717) is 28.6 Å². The van der Waals surface area contributed by atoms with Gasteiger partial charge in [0.15, 0.2) is 0 Å². The van der Waals surface area contributed by atoms with Crippen LogP contribution in [0.3, 0.4) is 0 Å². The van der Waals surface area contributed by atoms with E-state index in [-0.39, 0.29) is 29.1 Å². The summed E-state index contributed by atoms with van der Waals surface area (Å²) in [5.41, 5.74) is -0.135. The van der Waals surface area contributed by atoms with E-state index in [1.165, 1.54) is 25.7 Å². The van der Waals surface area contributed by atoms with Gasteiger partial charge >= 0.3 is 0 Å². The molecule has 0 aromatic heterocycles. The van der Waals surface area contributed by atoms with Crippen LogP contribution in [-0.4, -0.2) is 45.3 Å². The van der Waals surface area contributed by atoms with Gasteiger partial charge in [-0.25, -0.2) is 0 Å². The average Bonchev–Trinajstić information content (AvgIpc) is 3.21. The van der Waals surface area contributed by atoms with Crippen molar-refractivity contribution in [3.05, 3.63) is 0 Å². The molecule has 0 radical (unpaired) electrons. The van der Waals surface area contributed by atoms with Crippen molar-refractivity contribution < 1.29 is 20.1 Å². The number of rotatable bonds is 5. The van der Waals surface area contributed by atoms with Crippen molar-refractivity contribution in [2.45, 2.75) is 150 Å². The van der Waals surface area contributed by atoms with Gasteiger partial charge in [0.05, 0.1) is 30.0 Å². The first-order valence-corrected chi connectivity index (χ1v) is 15.0. The summed E-state index contributed by atoms with van der Waals surface area (Å²) < 4.78 is 6.67. The van der Waals surface area contributed by atoms with E-state index in [0.717, 1.165) is 38.0 Å². The summed E-state index contributed by atoms with van der Waals surface area (Å²) in [5, 5.41) is 33.0. The van der Waals surface area contributed by atoms with Crippen molar-refractivity contribution in [3.8, 4) is 0 Å². The van der Waals surface area contributed by atoms with Crippen LogP contribution in [-0.2, 0) is 4.74 Å². The van der Waals surface area contributed by atoms with Gasteiger partial charge < -0.3 is 20.1 Å². The molecular formula is C31H56O4. The molecule has 3 N–H and O–H groups in total. The first-order chi connectivity index (χ1) is 16.3. The Balaban J connectivity index is 0.00000141. The normalized spacial score (nSPS) is 50.6. The zero-order valence-electron chi connectivity index (χ0n) is 24.2. The lowest BCUT2D eigenvalue weighted by Crippen LogP contribution is -2.55. The molecule has 204 valence electrons. The number of aliphatic hydroxyl groups excluding tert-OH is 2. The fourth-order valence-electron chi connectivity index (χ4n) is 10.9. The SMILES string of the molecule is CC.CCCC(OC1C(O)CC2C3CCC4C(C)(C)C(O)CCC45C(C)C35CCC21C)C(C)(C)O. The van der Waals surface area contributed by atoms with Crippen molar-refractivity contribution in [2.75, 3.05) is 0 Å². The Morgan fingerprint density at radius 1 is 0.943 bits per heavy atom. The van der Waals surface area contributed by atoms with E-state index in [9.17, 15) is 15.3 Å². The maximum atomic E-state index is 11.3. The van der Waals surface area contributed by atoms with Crippen LogP contribution in [0.2, 0.25) is 0 Å². The first-order valence-electron chi connectivity index (χ1n) is 15.0. The van der Waals surface area contributed by atoms with Gasteiger partial charge in [0.25, 0.3) is 0 Å². The van der Waals surface area contributed by atoms with Gasteiger partial charge in [-0.3, -0.25) is 0 Å². The molecule has 0 heterocycles. The Hall–Kier alpha value is -0.160. The van der Waals surface area contributed by atoms with Gasteiger partial charge in [-0.2, -0.15) is 0 Å². The molecule has 0 aromatic carbocycles. The largest absolute Gasteiger partial charge is 0.393 e. The molecule has 0 aromatic rings. The third-order valence-electron chi connectivity index (χ3n) is 12.5. The second-order valence-electron chi connectivity index (χ2n) is 14.3. The molecule has 0 amide bonds. The van der Waals surface area contributed by atoms with Crippen LogP contribution in [0.1, 0.15) is 120 Å². The lowest BCUT2D eigenvalue weighted by Gasteiger charge is -2.59. The van der Waals surface area contributed by atoms with Crippen molar-refractivity contribution in [1.82, 2.24) is 0 Å². The molecule has 5 saturated carbocycles. The summed E-state index contributed by atoms with van der Waals surface area (Å²) in [5.74, 6) is 2.49. The molecule has 35 heavy (non-hydrogen) atoms. The van der Waals surface area contributed by atoms with Crippen LogP contribution in [0.25, 0.3) is 0 Å². The summed E-state index contributed by atoms with van der Waals surface area (Å²) in [6.45, 7) is 19.4. The van der Waals surface area contributed by atoms with E-state index in [1.54, 1.807) is 0 Å². The summed E-state index contributed by atoms with van der Waals surface area (Å²) in [6.07, 6.45) is 8.52. The number of hydrogen-bond donors (Lipinski definition) is 3. The fraction of sp³-hybridized carbons (Fsp3) is 1.00. The summed E-state index contributed by atoms with van der Waals surface area (Å²) in [4.78, 5) is 0.